The summed E-state index contributed by atoms with van der Waals surface area (Å²) in [6.45, 7) is 2.21. The van der Waals surface area contributed by atoms with Gasteiger partial charge in [-0.3, -0.25) is 4.57 Å². The van der Waals surface area contributed by atoms with Crippen molar-refractivity contribution in [3.8, 4) is 5.69 Å². The van der Waals surface area contributed by atoms with Crippen molar-refractivity contribution in [3.05, 3.63) is 34.9 Å². The van der Waals surface area contributed by atoms with Gasteiger partial charge in [-0.25, -0.2) is 9.07 Å². The molecule has 0 bridgehead atoms. The molecule has 0 aliphatic carbocycles. The van der Waals surface area contributed by atoms with Crippen LogP contribution in [0.4, 0.5) is 23.2 Å². The van der Waals surface area contributed by atoms with Gasteiger partial charge in [-0.2, -0.15) is 13.2 Å². The molecule has 0 radical (unpaired) electrons. The number of benzene rings is 1. The summed E-state index contributed by atoms with van der Waals surface area (Å²) in [7, 11) is 1.36. The van der Waals surface area contributed by atoms with E-state index in [-0.39, 0.29) is 17.0 Å². The number of aromatic nitrogens is 3. The lowest BCUT2D eigenvalue weighted by Gasteiger charge is -2.21. The second kappa shape index (κ2) is 6.69. The highest BCUT2D eigenvalue weighted by Crippen LogP contribution is 2.30. The summed E-state index contributed by atoms with van der Waals surface area (Å²) >= 11 is 5.02. The minimum Gasteiger partial charge on any atom is -0.369 e. The molecule has 0 fully saturated rings. The maximum Gasteiger partial charge on any atom is 0.452 e. The third kappa shape index (κ3) is 3.54. The Kier molecular flexibility index (Phi) is 5.08. The molecule has 1 aromatic carbocycles. The maximum atomic E-state index is 13.1. The molecule has 0 spiro atoms. The van der Waals surface area contributed by atoms with Gasteiger partial charge in [-0.05, 0) is 43.4 Å². The fourth-order valence-electron chi connectivity index (χ4n) is 2.27. The first kappa shape index (κ1) is 17.5. The molecule has 0 saturated heterocycles. The predicted octanol–water partition coefficient (Wildman–Crippen LogP) is 3.75. The number of anilines is 1. The molecule has 0 atom stereocenters. The highest BCUT2D eigenvalue weighted by atomic mass is 32.1. The van der Waals surface area contributed by atoms with E-state index in [0.717, 1.165) is 14.9 Å². The quantitative estimate of drug-likeness (QED) is 0.608. The highest BCUT2D eigenvalue weighted by molar-refractivity contribution is 7.71. The molecule has 0 saturated carbocycles. The fraction of sp³-hybridized carbons (Fsp3) is 0.429. The number of aryl methyl sites for hydroxylation is 1. The summed E-state index contributed by atoms with van der Waals surface area (Å²) in [6, 6.07) is 6.32. The normalized spacial score (nSPS) is 11.7. The van der Waals surface area contributed by atoms with Crippen LogP contribution in [-0.4, -0.2) is 34.1 Å². The number of nitrogens with zero attached hydrogens (tertiary/aromatic N) is 4. The molecule has 0 aliphatic heterocycles. The zero-order chi connectivity index (χ0) is 17.2. The van der Waals surface area contributed by atoms with Crippen LogP contribution in [0.25, 0.3) is 5.69 Å². The second-order valence-electron chi connectivity index (χ2n) is 4.85. The van der Waals surface area contributed by atoms with Crippen LogP contribution in [0.5, 0.6) is 0 Å². The van der Waals surface area contributed by atoms with Crippen molar-refractivity contribution in [1.82, 2.24) is 14.3 Å². The predicted molar refractivity (Wildman–Crippen MR) is 82.2 cm³/mol. The zero-order valence-electron chi connectivity index (χ0n) is 12.6. The van der Waals surface area contributed by atoms with Crippen molar-refractivity contribution in [3.63, 3.8) is 0 Å². The number of alkyl halides is 4. The van der Waals surface area contributed by atoms with Gasteiger partial charge in [0.05, 0.1) is 5.69 Å². The summed E-state index contributed by atoms with van der Waals surface area (Å²) in [5, 5.41) is 3.45. The topological polar surface area (TPSA) is 26.0 Å². The monoisotopic (exact) mass is 348 g/mol. The Hall–Kier alpha value is -1.90. The Balaban J connectivity index is 2.46. The molecule has 0 aliphatic rings. The van der Waals surface area contributed by atoms with Crippen LogP contribution in [0.3, 0.4) is 0 Å². The number of hydrogen-bond acceptors (Lipinski definition) is 3. The van der Waals surface area contributed by atoms with Crippen LogP contribution in [0.1, 0.15) is 12.7 Å². The summed E-state index contributed by atoms with van der Waals surface area (Å²) < 4.78 is 53.6. The van der Waals surface area contributed by atoms with Gasteiger partial charge in [0.15, 0.2) is 0 Å². The molecule has 23 heavy (non-hydrogen) atoms. The van der Waals surface area contributed by atoms with Crippen LogP contribution >= 0.6 is 12.2 Å². The van der Waals surface area contributed by atoms with Gasteiger partial charge < -0.3 is 4.90 Å². The van der Waals surface area contributed by atoms with Crippen LogP contribution < -0.4 is 4.90 Å². The zero-order valence-corrected chi connectivity index (χ0v) is 13.5. The van der Waals surface area contributed by atoms with E-state index in [1.807, 2.05) is 6.92 Å². The minimum atomic E-state index is -4.61. The van der Waals surface area contributed by atoms with Gasteiger partial charge in [-0.1, -0.05) is 0 Å². The Morgan fingerprint density at radius 1 is 1.22 bits per heavy atom. The van der Waals surface area contributed by atoms with E-state index in [1.54, 1.807) is 17.0 Å². The van der Waals surface area contributed by atoms with Crippen LogP contribution in [0.15, 0.2) is 24.3 Å². The number of hydrogen-bond donors (Lipinski definition) is 0. The summed E-state index contributed by atoms with van der Waals surface area (Å²) in [5.74, 6) is -1.08. The van der Waals surface area contributed by atoms with Crippen molar-refractivity contribution in [2.24, 2.45) is 7.05 Å². The SMILES string of the molecule is CCN(CCF)c1ccc(-n2c(C(F)(F)F)nn(C)c2=S)cc1. The van der Waals surface area contributed by atoms with Gasteiger partial charge in [0.2, 0.25) is 10.6 Å². The van der Waals surface area contributed by atoms with Crippen molar-refractivity contribution in [2.75, 3.05) is 24.7 Å². The van der Waals surface area contributed by atoms with Crippen molar-refractivity contribution in [2.45, 2.75) is 13.1 Å². The summed E-state index contributed by atoms with van der Waals surface area (Å²) in [4.78, 5) is 1.79. The molecule has 2 aromatic rings. The summed E-state index contributed by atoms with van der Waals surface area (Å²) in [6.07, 6.45) is -4.61. The van der Waals surface area contributed by atoms with Gasteiger partial charge >= 0.3 is 6.18 Å². The van der Waals surface area contributed by atoms with E-state index in [4.69, 9.17) is 12.2 Å². The fourth-order valence-corrected chi connectivity index (χ4v) is 2.50. The smallest absolute Gasteiger partial charge is 0.369 e. The third-order valence-corrected chi connectivity index (χ3v) is 3.83. The minimum absolute atomic E-state index is 0.0545. The highest BCUT2D eigenvalue weighted by Gasteiger charge is 2.38. The van der Waals surface area contributed by atoms with Crippen molar-refractivity contribution < 1.29 is 17.6 Å². The molecule has 9 heteroatoms. The maximum absolute atomic E-state index is 13.1. The lowest BCUT2D eigenvalue weighted by atomic mass is 10.2. The lowest BCUT2D eigenvalue weighted by Crippen LogP contribution is -2.25. The molecular weight excluding hydrogens is 332 g/mol. The summed E-state index contributed by atoms with van der Waals surface area (Å²) in [5.41, 5.74) is 0.994. The van der Waals surface area contributed by atoms with E-state index in [1.165, 1.54) is 19.2 Å². The van der Waals surface area contributed by atoms with Crippen LogP contribution in [0.2, 0.25) is 0 Å². The van der Waals surface area contributed by atoms with Gasteiger partial charge in [0, 0.05) is 25.8 Å². The molecule has 0 unspecified atom stereocenters. The second-order valence-corrected chi connectivity index (χ2v) is 5.21. The largest absolute Gasteiger partial charge is 0.452 e. The van der Waals surface area contributed by atoms with Crippen LogP contribution in [-0.2, 0) is 13.2 Å². The van der Waals surface area contributed by atoms with E-state index < -0.39 is 18.7 Å². The van der Waals surface area contributed by atoms with Crippen molar-refractivity contribution >= 4 is 17.9 Å². The number of halogens is 4. The molecule has 1 aromatic heterocycles. The Morgan fingerprint density at radius 3 is 2.30 bits per heavy atom. The Labute approximate surface area is 135 Å². The van der Waals surface area contributed by atoms with E-state index >= 15 is 0 Å². The molecule has 0 amide bonds. The van der Waals surface area contributed by atoms with E-state index in [9.17, 15) is 17.6 Å². The first-order valence-electron chi connectivity index (χ1n) is 6.94. The molecular formula is C14H16F4N4S. The average Bonchev–Trinajstić information content (AvgIpc) is 2.81. The van der Waals surface area contributed by atoms with Gasteiger partial charge in [-0.15, -0.1) is 5.10 Å². The Morgan fingerprint density at radius 2 is 1.83 bits per heavy atom. The Bertz CT molecular complexity index is 718. The molecule has 2 rings (SSSR count). The van der Waals surface area contributed by atoms with Gasteiger partial charge in [0.1, 0.15) is 6.67 Å². The van der Waals surface area contributed by atoms with E-state index in [0.29, 0.717) is 6.54 Å². The number of rotatable bonds is 5. The standard InChI is InChI=1S/C14H16F4N4S/c1-3-21(9-8-15)10-4-6-11(7-5-10)22-12(14(16,17)18)19-20(2)13(22)23/h4-7H,3,8-9H2,1-2H3. The van der Waals surface area contributed by atoms with Crippen LogP contribution in [0, 0.1) is 4.77 Å². The van der Waals surface area contributed by atoms with Gasteiger partial charge in [0.25, 0.3) is 0 Å². The first-order valence-corrected chi connectivity index (χ1v) is 7.35. The molecule has 0 N–H and O–H groups in total. The van der Waals surface area contributed by atoms with E-state index in [2.05, 4.69) is 5.10 Å². The molecule has 1 heterocycles. The molecule has 4 nitrogen and oxygen atoms in total. The van der Waals surface area contributed by atoms with Crippen molar-refractivity contribution in [1.29, 1.82) is 0 Å². The lowest BCUT2D eigenvalue weighted by molar-refractivity contribution is -0.146. The first-order chi connectivity index (χ1) is 10.8. The average molecular weight is 348 g/mol. The molecule has 126 valence electrons. The third-order valence-electron chi connectivity index (χ3n) is 3.39.